The quantitative estimate of drug-likeness (QED) is 0.610. The minimum absolute atomic E-state index is 0.179. The first-order valence-electron chi connectivity index (χ1n) is 9.89. The van der Waals surface area contributed by atoms with Crippen molar-refractivity contribution in [2.75, 3.05) is 13.1 Å². The summed E-state index contributed by atoms with van der Waals surface area (Å²) >= 11 is 2.34. The molecule has 2 aliphatic rings. The molecule has 2 fully saturated rings. The number of amides is 1. The van der Waals surface area contributed by atoms with Gasteiger partial charge in [0.2, 0.25) is 0 Å². The molecule has 1 saturated heterocycles. The van der Waals surface area contributed by atoms with Gasteiger partial charge in [-0.1, -0.05) is 23.8 Å². The van der Waals surface area contributed by atoms with E-state index in [2.05, 4.69) is 65.2 Å². The molecule has 5 heteroatoms. The van der Waals surface area contributed by atoms with Gasteiger partial charge in [-0.25, -0.2) is 4.79 Å². The zero-order valence-corrected chi connectivity index (χ0v) is 19.0. The number of hydrogen-bond donors (Lipinski definition) is 1. The molecule has 148 valence electrons. The standard InChI is InChI=1S/C22H31IN2O2/c1-15(13-16-5-7-17(23)8-6-16)19-14-20(19)24-18-9-11-25(12-10-18)21(26)27-22(2,3)4/h5-8,13,18-20,24H,9-12,14H2,1-4H3/t19-,20+/m0/s1. The second-order valence-electron chi connectivity index (χ2n) is 8.80. The van der Waals surface area contributed by atoms with Crippen molar-refractivity contribution in [1.82, 2.24) is 10.2 Å². The van der Waals surface area contributed by atoms with E-state index < -0.39 is 5.60 Å². The van der Waals surface area contributed by atoms with E-state index >= 15 is 0 Å². The smallest absolute Gasteiger partial charge is 0.410 e. The average Bonchev–Trinajstić information content (AvgIpc) is 3.35. The Labute approximate surface area is 176 Å². The number of ether oxygens (including phenoxy) is 1. The fourth-order valence-electron chi connectivity index (χ4n) is 3.67. The highest BCUT2D eigenvalue weighted by molar-refractivity contribution is 14.1. The summed E-state index contributed by atoms with van der Waals surface area (Å²) < 4.78 is 6.75. The molecular weight excluding hydrogens is 451 g/mol. The number of hydrogen-bond acceptors (Lipinski definition) is 3. The van der Waals surface area contributed by atoms with E-state index in [-0.39, 0.29) is 6.09 Å². The molecule has 27 heavy (non-hydrogen) atoms. The fourth-order valence-corrected chi connectivity index (χ4v) is 4.03. The van der Waals surface area contributed by atoms with Gasteiger partial charge in [0.1, 0.15) is 5.60 Å². The van der Waals surface area contributed by atoms with Crippen LogP contribution in [0.5, 0.6) is 0 Å². The van der Waals surface area contributed by atoms with Crippen LogP contribution >= 0.6 is 22.6 Å². The van der Waals surface area contributed by atoms with Crippen molar-refractivity contribution in [3.8, 4) is 0 Å². The monoisotopic (exact) mass is 482 g/mol. The molecule has 4 nitrogen and oxygen atoms in total. The number of rotatable bonds is 4. The highest BCUT2D eigenvalue weighted by atomic mass is 127. The Bertz CT molecular complexity index is 685. The van der Waals surface area contributed by atoms with Crippen LogP contribution in [0.3, 0.4) is 0 Å². The lowest BCUT2D eigenvalue weighted by Gasteiger charge is -2.34. The average molecular weight is 482 g/mol. The van der Waals surface area contributed by atoms with Crippen LogP contribution in [0.2, 0.25) is 0 Å². The third-order valence-electron chi connectivity index (χ3n) is 5.24. The van der Waals surface area contributed by atoms with Crippen LogP contribution in [-0.2, 0) is 4.74 Å². The van der Waals surface area contributed by atoms with Gasteiger partial charge in [0, 0.05) is 28.7 Å². The highest BCUT2D eigenvalue weighted by Gasteiger charge is 2.40. The Kier molecular flexibility index (Phi) is 6.51. The SMILES string of the molecule is CC(=Cc1ccc(I)cc1)[C@@H]1C[C@H]1NC1CCN(C(=O)OC(C)(C)C)CC1. The first kappa shape index (κ1) is 20.6. The van der Waals surface area contributed by atoms with Crippen LogP contribution in [0, 0.1) is 9.49 Å². The Morgan fingerprint density at radius 1 is 1.22 bits per heavy atom. The maximum atomic E-state index is 12.2. The molecule has 1 N–H and O–H groups in total. The maximum Gasteiger partial charge on any atom is 0.410 e. The molecule has 1 amide bonds. The van der Waals surface area contributed by atoms with Gasteiger partial charge in [0.15, 0.2) is 0 Å². The van der Waals surface area contributed by atoms with E-state index in [1.54, 1.807) is 0 Å². The second kappa shape index (κ2) is 8.52. The molecule has 0 aromatic heterocycles. The summed E-state index contributed by atoms with van der Waals surface area (Å²) in [5.41, 5.74) is 2.32. The molecule has 1 aliphatic carbocycles. The lowest BCUT2D eigenvalue weighted by molar-refractivity contribution is 0.0198. The van der Waals surface area contributed by atoms with Crippen molar-refractivity contribution < 1.29 is 9.53 Å². The van der Waals surface area contributed by atoms with Crippen LogP contribution in [0.15, 0.2) is 29.8 Å². The molecule has 1 saturated carbocycles. The normalized spacial score (nSPS) is 24.0. The fraction of sp³-hybridized carbons (Fsp3) is 0.591. The van der Waals surface area contributed by atoms with E-state index in [1.807, 2.05) is 25.7 Å². The molecule has 0 spiro atoms. The molecule has 1 heterocycles. The van der Waals surface area contributed by atoms with Crippen molar-refractivity contribution >= 4 is 34.8 Å². The summed E-state index contributed by atoms with van der Waals surface area (Å²) in [6.45, 7) is 9.55. The van der Waals surface area contributed by atoms with E-state index in [1.165, 1.54) is 21.1 Å². The predicted molar refractivity (Wildman–Crippen MR) is 119 cm³/mol. The van der Waals surface area contributed by atoms with Crippen molar-refractivity contribution in [3.05, 3.63) is 39.0 Å². The van der Waals surface area contributed by atoms with Gasteiger partial charge < -0.3 is 15.0 Å². The maximum absolute atomic E-state index is 12.2. The molecule has 3 rings (SSSR count). The van der Waals surface area contributed by atoms with Crippen LogP contribution in [-0.4, -0.2) is 41.8 Å². The number of carbonyl (C=O) groups excluding carboxylic acids is 1. The summed E-state index contributed by atoms with van der Waals surface area (Å²) in [6, 6.07) is 9.76. The van der Waals surface area contributed by atoms with Crippen molar-refractivity contribution in [3.63, 3.8) is 0 Å². The molecule has 0 unspecified atom stereocenters. The Morgan fingerprint density at radius 3 is 2.44 bits per heavy atom. The minimum Gasteiger partial charge on any atom is -0.444 e. The van der Waals surface area contributed by atoms with E-state index in [0.717, 1.165) is 25.9 Å². The molecule has 2 atom stereocenters. The van der Waals surface area contributed by atoms with Gasteiger partial charge in [0.05, 0.1) is 0 Å². The van der Waals surface area contributed by atoms with Crippen LogP contribution in [0.4, 0.5) is 4.79 Å². The number of carbonyl (C=O) groups is 1. The van der Waals surface area contributed by atoms with Crippen molar-refractivity contribution in [2.45, 2.75) is 64.6 Å². The molecule has 1 aromatic rings. The van der Waals surface area contributed by atoms with Crippen LogP contribution < -0.4 is 5.32 Å². The lowest BCUT2D eigenvalue weighted by Crippen LogP contribution is -2.47. The van der Waals surface area contributed by atoms with Gasteiger partial charge in [-0.3, -0.25) is 0 Å². The summed E-state index contributed by atoms with van der Waals surface area (Å²) in [5.74, 6) is 0.646. The van der Waals surface area contributed by atoms with E-state index in [4.69, 9.17) is 4.74 Å². The third kappa shape index (κ3) is 6.21. The minimum atomic E-state index is -0.422. The summed E-state index contributed by atoms with van der Waals surface area (Å²) in [7, 11) is 0. The number of nitrogens with one attached hydrogen (secondary N) is 1. The van der Waals surface area contributed by atoms with Gasteiger partial charge in [0.25, 0.3) is 0 Å². The molecular formula is C22H31IN2O2. The lowest BCUT2D eigenvalue weighted by atomic mass is 10.0. The zero-order valence-electron chi connectivity index (χ0n) is 16.8. The molecule has 1 aliphatic heterocycles. The number of likely N-dealkylation sites (tertiary alicyclic amines) is 1. The molecule has 0 bridgehead atoms. The van der Waals surface area contributed by atoms with Crippen LogP contribution in [0.25, 0.3) is 6.08 Å². The Hall–Kier alpha value is -1.08. The topological polar surface area (TPSA) is 41.6 Å². The number of halogens is 1. The predicted octanol–water partition coefficient (Wildman–Crippen LogP) is 5.07. The zero-order chi connectivity index (χ0) is 19.6. The Morgan fingerprint density at radius 2 is 1.85 bits per heavy atom. The summed E-state index contributed by atoms with van der Waals surface area (Å²) in [6.07, 6.45) is 5.36. The van der Waals surface area contributed by atoms with E-state index in [0.29, 0.717) is 18.0 Å². The van der Waals surface area contributed by atoms with Crippen LogP contribution in [0.1, 0.15) is 52.5 Å². The second-order valence-corrected chi connectivity index (χ2v) is 10.0. The van der Waals surface area contributed by atoms with Gasteiger partial charge >= 0.3 is 6.09 Å². The molecule has 1 aromatic carbocycles. The summed E-state index contributed by atoms with van der Waals surface area (Å²) in [4.78, 5) is 14.0. The highest BCUT2D eigenvalue weighted by Crippen LogP contribution is 2.38. The Balaban J connectivity index is 1.43. The van der Waals surface area contributed by atoms with E-state index in [9.17, 15) is 4.79 Å². The number of benzene rings is 1. The van der Waals surface area contributed by atoms with Gasteiger partial charge in [-0.2, -0.15) is 0 Å². The first-order chi connectivity index (χ1) is 12.7. The number of nitrogens with zero attached hydrogens (tertiary/aromatic N) is 1. The van der Waals surface area contributed by atoms with Crippen molar-refractivity contribution in [2.24, 2.45) is 5.92 Å². The summed E-state index contributed by atoms with van der Waals surface area (Å²) in [5, 5.41) is 3.81. The number of piperidine rings is 1. The third-order valence-corrected chi connectivity index (χ3v) is 5.96. The molecule has 0 radical (unpaired) electrons. The first-order valence-corrected chi connectivity index (χ1v) is 11.0. The largest absolute Gasteiger partial charge is 0.444 e. The van der Waals surface area contributed by atoms with Crippen molar-refractivity contribution in [1.29, 1.82) is 0 Å². The van der Waals surface area contributed by atoms with Gasteiger partial charge in [-0.05, 0) is 93.2 Å². The van der Waals surface area contributed by atoms with Gasteiger partial charge in [-0.15, -0.1) is 0 Å².